The number of hydrogen-bond acceptors (Lipinski definition) is 4. The average Bonchev–Trinajstić information content (AvgIpc) is 2.52. The van der Waals surface area contributed by atoms with Gasteiger partial charge in [-0.05, 0) is 45.5 Å². The summed E-state index contributed by atoms with van der Waals surface area (Å²) in [6, 6.07) is 7.24. The van der Waals surface area contributed by atoms with Crippen molar-refractivity contribution in [3.8, 4) is 0 Å². The van der Waals surface area contributed by atoms with Gasteiger partial charge in [0.15, 0.2) is 0 Å². The molecule has 1 aliphatic rings. The van der Waals surface area contributed by atoms with E-state index in [0.717, 1.165) is 31.7 Å². The van der Waals surface area contributed by atoms with Crippen molar-refractivity contribution in [2.75, 3.05) is 33.2 Å². The molecule has 132 valence electrons. The third kappa shape index (κ3) is 5.53. The number of rotatable bonds is 3. The van der Waals surface area contributed by atoms with Crippen LogP contribution < -0.4 is 5.32 Å². The molecule has 1 fully saturated rings. The van der Waals surface area contributed by atoms with Gasteiger partial charge in [-0.25, -0.2) is 4.79 Å². The van der Waals surface area contributed by atoms with Crippen LogP contribution >= 0.6 is 0 Å². The summed E-state index contributed by atoms with van der Waals surface area (Å²) in [5.74, 6) is 0.0565. The molecule has 6 heteroatoms. The number of likely N-dealkylation sites (N-methyl/N-ethyl adjacent to an activating group) is 1. The summed E-state index contributed by atoms with van der Waals surface area (Å²) < 4.78 is 5.18. The lowest BCUT2D eigenvalue weighted by Gasteiger charge is -2.32. The Labute approximate surface area is 143 Å². The minimum absolute atomic E-state index is 0.0565. The molecule has 1 aliphatic heterocycles. The molecule has 1 aromatic carbocycles. The van der Waals surface area contributed by atoms with Gasteiger partial charge in [0.25, 0.3) is 5.91 Å². The van der Waals surface area contributed by atoms with Gasteiger partial charge < -0.3 is 19.9 Å². The second-order valence-electron chi connectivity index (χ2n) is 7.24. The van der Waals surface area contributed by atoms with E-state index >= 15 is 0 Å². The van der Waals surface area contributed by atoms with Crippen molar-refractivity contribution in [3.63, 3.8) is 0 Å². The van der Waals surface area contributed by atoms with E-state index in [1.807, 2.05) is 37.8 Å². The van der Waals surface area contributed by atoms with E-state index in [1.54, 1.807) is 12.1 Å². The third-order valence-electron chi connectivity index (χ3n) is 3.84. The zero-order valence-corrected chi connectivity index (χ0v) is 15.0. The number of carbonyl (C=O) groups is 2. The summed E-state index contributed by atoms with van der Waals surface area (Å²) in [6.07, 6.45) is -0.444. The summed E-state index contributed by atoms with van der Waals surface area (Å²) in [4.78, 5) is 28.2. The van der Waals surface area contributed by atoms with E-state index in [0.29, 0.717) is 5.56 Å². The Morgan fingerprint density at radius 1 is 1.08 bits per heavy atom. The van der Waals surface area contributed by atoms with Gasteiger partial charge in [-0.2, -0.15) is 0 Å². The van der Waals surface area contributed by atoms with Crippen molar-refractivity contribution >= 4 is 12.0 Å². The maximum atomic E-state index is 12.5. The number of amides is 2. The topological polar surface area (TPSA) is 61.9 Å². The maximum absolute atomic E-state index is 12.5. The molecule has 2 rings (SSSR count). The molecule has 0 aliphatic carbocycles. The first-order chi connectivity index (χ1) is 11.2. The van der Waals surface area contributed by atoms with Crippen molar-refractivity contribution < 1.29 is 14.3 Å². The Morgan fingerprint density at radius 2 is 1.67 bits per heavy atom. The smallest absolute Gasteiger partial charge is 0.407 e. The molecular formula is C18H27N3O3. The molecule has 1 heterocycles. The standard InChI is InChI=1S/C18H27N3O3/c1-18(2,3)19-17(23)24-13-14-5-7-15(8-6-14)16(22)21-11-9-20(4)10-12-21/h5-8H,9-13H2,1-4H3,(H,19,23). The molecule has 2 amide bonds. The molecule has 1 aromatic rings. The van der Waals surface area contributed by atoms with Gasteiger partial charge in [-0.3, -0.25) is 4.79 Å². The van der Waals surface area contributed by atoms with Gasteiger partial charge in [0.05, 0.1) is 0 Å². The zero-order valence-electron chi connectivity index (χ0n) is 15.0. The molecule has 6 nitrogen and oxygen atoms in total. The SMILES string of the molecule is CN1CCN(C(=O)c2ccc(COC(=O)NC(C)(C)C)cc2)CC1. The highest BCUT2D eigenvalue weighted by molar-refractivity contribution is 5.94. The van der Waals surface area contributed by atoms with Gasteiger partial charge in [0, 0.05) is 37.3 Å². The van der Waals surface area contributed by atoms with E-state index in [9.17, 15) is 9.59 Å². The average molecular weight is 333 g/mol. The lowest BCUT2D eigenvalue weighted by atomic mass is 10.1. The van der Waals surface area contributed by atoms with Crippen molar-refractivity contribution in [1.29, 1.82) is 0 Å². The van der Waals surface area contributed by atoms with Crippen LogP contribution in [-0.4, -0.2) is 60.6 Å². The second kappa shape index (κ2) is 7.66. The van der Waals surface area contributed by atoms with Crippen LogP contribution in [0.4, 0.5) is 4.79 Å². The summed E-state index contributed by atoms with van der Waals surface area (Å²) >= 11 is 0. The largest absolute Gasteiger partial charge is 0.445 e. The minimum Gasteiger partial charge on any atom is -0.445 e. The number of alkyl carbamates (subject to hydrolysis) is 1. The van der Waals surface area contributed by atoms with E-state index in [-0.39, 0.29) is 18.1 Å². The normalized spacial score (nSPS) is 15.9. The number of nitrogens with zero attached hydrogens (tertiary/aromatic N) is 2. The number of piperazine rings is 1. The Balaban J connectivity index is 1.86. The lowest BCUT2D eigenvalue weighted by Crippen LogP contribution is -2.47. The lowest BCUT2D eigenvalue weighted by molar-refractivity contribution is 0.0664. The number of hydrogen-bond donors (Lipinski definition) is 1. The molecule has 0 atom stereocenters. The van der Waals surface area contributed by atoms with Gasteiger partial charge >= 0.3 is 6.09 Å². The van der Waals surface area contributed by atoms with E-state index in [1.165, 1.54) is 0 Å². The van der Waals surface area contributed by atoms with Gasteiger partial charge in [0.1, 0.15) is 6.61 Å². The van der Waals surface area contributed by atoms with Gasteiger partial charge in [-0.1, -0.05) is 12.1 Å². The van der Waals surface area contributed by atoms with Crippen LogP contribution in [0.2, 0.25) is 0 Å². The first-order valence-electron chi connectivity index (χ1n) is 8.26. The van der Waals surface area contributed by atoms with E-state index in [2.05, 4.69) is 17.3 Å². The first-order valence-corrected chi connectivity index (χ1v) is 8.26. The van der Waals surface area contributed by atoms with Gasteiger partial charge in [-0.15, -0.1) is 0 Å². The Morgan fingerprint density at radius 3 is 2.21 bits per heavy atom. The number of benzene rings is 1. The molecular weight excluding hydrogens is 306 g/mol. The molecule has 0 bridgehead atoms. The van der Waals surface area contributed by atoms with Crippen LogP contribution in [0.3, 0.4) is 0 Å². The molecule has 0 unspecified atom stereocenters. The van der Waals surface area contributed by atoms with Crippen LogP contribution in [-0.2, 0) is 11.3 Å². The van der Waals surface area contributed by atoms with Crippen LogP contribution in [0.15, 0.2) is 24.3 Å². The highest BCUT2D eigenvalue weighted by Gasteiger charge is 2.20. The highest BCUT2D eigenvalue weighted by Crippen LogP contribution is 2.11. The molecule has 1 saturated heterocycles. The highest BCUT2D eigenvalue weighted by atomic mass is 16.5. The zero-order chi connectivity index (χ0) is 17.7. The molecule has 0 spiro atoms. The molecule has 24 heavy (non-hydrogen) atoms. The van der Waals surface area contributed by atoms with Crippen LogP contribution in [0.5, 0.6) is 0 Å². The molecule has 0 aromatic heterocycles. The van der Waals surface area contributed by atoms with Crippen molar-refractivity contribution in [2.24, 2.45) is 0 Å². The fourth-order valence-electron chi connectivity index (χ4n) is 2.43. The molecule has 1 N–H and O–H groups in total. The Hall–Kier alpha value is -2.08. The summed E-state index contributed by atoms with van der Waals surface area (Å²) in [5, 5.41) is 2.74. The van der Waals surface area contributed by atoms with Crippen LogP contribution in [0, 0.1) is 0 Å². The van der Waals surface area contributed by atoms with Gasteiger partial charge in [0.2, 0.25) is 0 Å². The van der Waals surface area contributed by atoms with E-state index < -0.39 is 6.09 Å². The summed E-state index contributed by atoms with van der Waals surface area (Å²) in [5.41, 5.74) is 1.20. The third-order valence-corrected chi connectivity index (χ3v) is 3.84. The number of carbonyl (C=O) groups excluding carboxylic acids is 2. The first kappa shape index (κ1) is 18.3. The monoisotopic (exact) mass is 333 g/mol. The fourth-order valence-corrected chi connectivity index (χ4v) is 2.43. The predicted octanol–water partition coefficient (Wildman–Crippen LogP) is 2.10. The Kier molecular flexibility index (Phi) is 5.83. The summed E-state index contributed by atoms with van der Waals surface area (Å²) in [7, 11) is 2.06. The quantitative estimate of drug-likeness (QED) is 0.920. The molecule has 0 saturated carbocycles. The number of nitrogens with one attached hydrogen (secondary N) is 1. The maximum Gasteiger partial charge on any atom is 0.407 e. The Bertz CT molecular complexity index is 570. The number of ether oxygens (including phenoxy) is 1. The molecule has 0 radical (unpaired) electrons. The van der Waals surface area contributed by atoms with Crippen molar-refractivity contribution in [1.82, 2.24) is 15.1 Å². The summed E-state index contributed by atoms with van der Waals surface area (Å²) in [6.45, 7) is 9.19. The minimum atomic E-state index is -0.444. The van der Waals surface area contributed by atoms with E-state index in [4.69, 9.17) is 4.74 Å². The second-order valence-corrected chi connectivity index (χ2v) is 7.24. The van der Waals surface area contributed by atoms with Crippen LogP contribution in [0.25, 0.3) is 0 Å². The van der Waals surface area contributed by atoms with Crippen molar-refractivity contribution in [3.05, 3.63) is 35.4 Å². The fraction of sp³-hybridized carbons (Fsp3) is 0.556. The van der Waals surface area contributed by atoms with Crippen molar-refractivity contribution in [2.45, 2.75) is 32.9 Å². The predicted molar refractivity (Wildman–Crippen MR) is 92.9 cm³/mol. The van der Waals surface area contributed by atoms with Crippen LogP contribution in [0.1, 0.15) is 36.7 Å².